The lowest BCUT2D eigenvalue weighted by Crippen LogP contribution is -2.38. The standard InChI is InChI=1S/C11H11F2N3O6.C9H7F2N3O6/c1-2-22-10(17)11(12,13)6-14-9-7(15(18)19)4-3-5-8(9)16(20)21;10-9(11,8(15)16)4-12-7-5(13(17)18)2-1-3-6(7)14(19)20/h3-5,14H,2,6H2,1H3;1-3,12H,4H2,(H,15,16). The zero-order valence-corrected chi connectivity index (χ0v) is 20.8. The zero-order chi connectivity index (χ0) is 32.4. The van der Waals surface area contributed by atoms with Gasteiger partial charge < -0.3 is 20.5 Å². The maximum absolute atomic E-state index is 13.5. The Kier molecular flexibility index (Phi) is 11.5. The Morgan fingerprint density at radius 3 is 1.31 bits per heavy atom. The molecular weight excluding hydrogens is 592 g/mol. The molecule has 42 heavy (non-hydrogen) atoms. The number of esters is 1. The van der Waals surface area contributed by atoms with Crippen LogP contribution in [0, 0.1) is 40.5 Å². The number of anilines is 2. The molecule has 0 heterocycles. The fourth-order valence-corrected chi connectivity index (χ4v) is 2.81. The van der Waals surface area contributed by atoms with Gasteiger partial charge in [0.15, 0.2) is 11.4 Å². The van der Waals surface area contributed by atoms with Gasteiger partial charge in [-0.15, -0.1) is 0 Å². The zero-order valence-electron chi connectivity index (χ0n) is 20.8. The molecule has 0 unspecified atom stereocenters. The molecule has 0 amide bonds. The molecule has 0 atom stereocenters. The molecule has 2 aromatic carbocycles. The minimum absolute atomic E-state index is 0.278. The molecule has 2 rings (SSSR count). The molecule has 0 aliphatic rings. The minimum atomic E-state index is -4.22. The van der Waals surface area contributed by atoms with Crippen LogP contribution in [-0.2, 0) is 14.3 Å². The number of para-hydroxylation sites is 2. The fourth-order valence-electron chi connectivity index (χ4n) is 2.81. The summed E-state index contributed by atoms with van der Waals surface area (Å²) in [4.78, 5) is 60.4. The van der Waals surface area contributed by atoms with Crippen molar-refractivity contribution in [2.24, 2.45) is 0 Å². The molecule has 22 heteroatoms. The number of carbonyl (C=O) groups excluding carboxylic acids is 1. The van der Waals surface area contributed by atoms with Crippen molar-refractivity contribution in [3.8, 4) is 0 Å². The lowest BCUT2D eigenvalue weighted by Gasteiger charge is -2.15. The summed E-state index contributed by atoms with van der Waals surface area (Å²) in [5.41, 5.74) is -4.60. The van der Waals surface area contributed by atoms with Gasteiger partial charge in [0.1, 0.15) is 0 Å². The third-order valence-electron chi connectivity index (χ3n) is 4.69. The molecule has 18 nitrogen and oxygen atoms in total. The minimum Gasteiger partial charge on any atom is -0.477 e. The molecule has 0 aliphatic heterocycles. The van der Waals surface area contributed by atoms with Crippen LogP contribution in [0.4, 0.5) is 51.7 Å². The molecular formula is C20H18F4N6O12. The summed E-state index contributed by atoms with van der Waals surface area (Å²) < 4.78 is 56.9. The quantitative estimate of drug-likeness (QED) is 0.126. The highest BCUT2D eigenvalue weighted by Gasteiger charge is 2.42. The number of alkyl halides is 4. The van der Waals surface area contributed by atoms with Crippen LogP contribution in [0.15, 0.2) is 36.4 Å². The number of benzene rings is 2. The molecule has 0 radical (unpaired) electrons. The number of ether oxygens (including phenoxy) is 1. The van der Waals surface area contributed by atoms with E-state index < -0.39 is 90.7 Å². The van der Waals surface area contributed by atoms with Crippen LogP contribution in [-0.4, -0.2) is 68.3 Å². The van der Waals surface area contributed by atoms with Gasteiger partial charge in [-0.1, -0.05) is 0 Å². The van der Waals surface area contributed by atoms with Crippen molar-refractivity contribution in [2.45, 2.75) is 18.8 Å². The summed E-state index contributed by atoms with van der Waals surface area (Å²) in [6.07, 6.45) is 0. The van der Waals surface area contributed by atoms with Crippen molar-refractivity contribution in [3.63, 3.8) is 0 Å². The predicted octanol–water partition coefficient (Wildman–Crippen LogP) is 3.75. The van der Waals surface area contributed by atoms with Crippen molar-refractivity contribution in [3.05, 3.63) is 76.9 Å². The third-order valence-corrected chi connectivity index (χ3v) is 4.69. The topological polar surface area (TPSA) is 260 Å². The summed E-state index contributed by atoms with van der Waals surface area (Å²) in [6.45, 7) is -1.85. The van der Waals surface area contributed by atoms with Crippen LogP contribution in [0.5, 0.6) is 0 Å². The number of halogens is 4. The van der Waals surface area contributed by atoms with E-state index >= 15 is 0 Å². The first-order chi connectivity index (χ1) is 19.4. The van der Waals surface area contributed by atoms with Crippen LogP contribution < -0.4 is 10.6 Å². The molecule has 0 saturated carbocycles. The van der Waals surface area contributed by atoms with E-state index in [-0.39, 0.29) is 6.61 Å². The average Bonchev–Trinajstić information content (AvgIpc) is 2.90. The lowest BCUT2D eigenvalue weighted by molar-refractivity contribution is -0.392. The second-order valence-corrected chi connectivity index (χ2v) is 7.51. The first-order valence-corrected chi connectivity index (χ1v) is 10.8. The molecule has 0 fully saturated rings. The molecule has 228 valence electrons. The molecule has 0 saturated heterocycles. The van der Waals surface area contributed by atoms with Gasteiger partial charge in [0, 0.05) is 24.3 Å². The van der Waals surface area contributed by atoms with E-state index in [0.29, 0.717) is 0 Å². The SMILES string of the molecule is CCOC(=O)C(F)(F)CNc1c([N+](=O)[O-])cccc1[N+](=O)[O-].O=C(O)C(F)(F)CNc1c([N+](=O)[O-])cccc1[N+](=O)[O-]. The second kappa shape index (κ2) is 14.1. The van der Waals surface area contributed by atoms with E-state index in [1.54, 1.807) is 5.32 Å². The van der Waals surface area contributed by atoms with Crippen LogP contribution in [0.1, 0.15) is 6.92 Å². The second-order valence-electron chi connectivity index (χ2n) is 7.51. The Bertz CT molecular complexity index is 1330. The Morgan fingerprint density at radius 1 is 0.738 bits per heavy atom. The van der Waals surface area contributed by atoms with Gasteiger partial charge in [-0.2, -0.15) is 17.6 Å². The van der Waals surface area contributed by atoms with E-state index in [1.165, 1.54) is 6.92 Å². The molecule has 0 aliphatic carbocycles. The highest BCUT2D eigenvalue weighted by molar-refractivity contribution is 5.80. The van der Waals surface area contributed by atoms with Gasteiger partial charge >= 0.3 is 23.8 Å². The number of nitrogens with zero attached hydrogens (tertiary/aromatic N) is 4. The van der Waals surface area contributed by atoms with Gasteiger partial charge in [0.2, 0.25) is 0 Å². The summed E-state index contributed by atoms with van der Waals surface area (Å²) in [5, 5.41) is 54.9. The Balaban J connectivity index is 0.000000422. The number of nitro groups is 4. The highest BCUT2D eigenvalue weighted by atomic mass is 19.3. The number of hydrogen-bond acceptors (Lipinski definition) is 13. The maximum Gasteiger partial charge on any atom is 0.378 e. The predicted molar refractivity (Wildman–Crippen MR) is 131 cm³/mol. The molecule has 3 N–H and O–H groups in total. The number of rotatable bonds is 13. The Morgan fingerprint density at radius 2 is 1.05 bits per heavy atom. The maximum atomic E-state index is 13.5. The number of hydrogen-bond donors (Lipinski definition) is 3. The number of nitro benzene ring substituents is 4. The summed E-state index contributed by atoms with van der Waals surface area (Å²) >= 11 is 0. The lowest BCUT2D eigenvalue weighted by atomic mass is 10.2. The van der Waals surface area contributed by atoms with Crippen LogP contribution >= 0.6 is 0 Å². The Hall–Kier alpha value is -5.70. The van der Waals surface area contributed by atoms with Crippen LogP contribution in [0.3, 0.4) is 0 Å². The third kappa shape index (κ3) is 8.92. The molecule has 0 spiro atoms. The first-order valence-electron chi connectivity index (χ1n) is 10.8. The van der Waals surface area contributed by atoms with Crippen molar-refractivity contribution >= 4 is 46.1 Å². The molecule has 0 bridgehead atoms. The fraction of sp³-hybridized carbons (Fsp3) is 0.300. The molecule has 0 aromatic heterocycles. The van der Waals surface area contributed by atoms with E-state index in [4.69, 9.17) is 5.11 Å². The van der Waals surface area contributed by atoms with Gasteiger partial charge in [-0.05, 0) is 19.1 Å². The van der Waals surface area contributed by atoms with Crippen molar-refractivity contribution < 1.29 is 56.7 Å². The number of carbonyl (C=O) groups is 2. The first kappa shape index (κ1) is 34.3. The van der Waals surface area contributed by atoms with Gasteiger partial charge in [0.05, 0.1) is 39.4 Å². The number of carboxylic acid groups (broad SMARTS) is 1. The number of nitrogens with one attached hydrogen (secondary N) is 2. The summed E-state index contributed by atoms with van der Waals surface area (Å²) in [6, 6.07) is 5.62. The average molecular weight is 610 g/mol. The largest absolute Gasteiger partial charge is 0.477 e. The van der Waals surface area contributed by atoms with Crippen molar-refractivity contribution in [2.75, 3.05) is 30.3 Å². The van der Waals surface area contributed by atoms with Crippen molar-refractivity contribution in [1.82, 2.24) is 0 Å². The van der Waals surface area contributed by atoms with E-state index in [0.717, 1.165) is 36.4 Å². The van der Waals surface area contributed by atoms with Gasteiger partial charge in [-0.3, -0.25) is 40.5 Å². The smallest absolute Gasteiger partial charge is 0.378 e. The number of aliphatic carboxylic acids is 1. The van der Waals surface area contributed by atoms with Crippen LogP contribution in [0.25, 0.3) is 0 Å². The van der Waals surface area contributed by atoms with E-state index in [1.807, 2.05) is 5.32 Å². The summed E-state index contributed by atoms with van der Waals surface area (Å²) in [5.74, 6) is -12.5. The summed E-state index contributed by atoms with van der Waals surface area (Å²) in [7, 11) is 0. The van der Waals surface area contributed by atoms with Crippen LogP contribution in [0.2, 0.25) is 0 Å². The van der Waals surface area contributed by atoms with Gasteiger partial charge in [-0.25, -0.2) is 9.59 Å². The number of carboxylic acids is 1. The highest BCUT2D eigenvalue weighted by Crippen LogP contribution is 2.35. The van der Waals surface area contributed by atoms with E-state index in [9.17, 15) is 67.6 Å². The Labute approximate surface area is 229 Å². The normalized spacial score (nSPS) is 10.9. The monoisotopic (exact) mass is 610 g/mol. The van der Waals surface area contributed by atoms with Crippen molar-refractivity contribution in [1.29, 1.82) is 0 Å². The van der Waals surface area contributed by atoms with E-state index in [2.05, 4.69) is 4.74 Å². The van der Waals surface area contributed by atoms with Gasteiger partial charge in [0.25, 0.3) is 22.7 Å². The molecule has 2 aromatic rings.